The largest absolute Gasteiger partial charge is 0.409 e. The van der Waals surface area contributed by atoms with Gasteiger partial charge in [0.15, 0.2) is 0 Å². The van der Waals surface area contributed by atoms with Gasteiger partial charge in [0.2, 0.25) is 11.8 Å². The number of hydrogen-bond acceptors (Lipinski definition) is 5. The molecular formula is C25H36N4O2S. The van der Waals surface area contributed by atoms with Gasteiger partial charge in [-0.3, -0.25) is 9.69 Å². The molecule has 0 aliphatic carbocycles. The fourth-order valence-electron chi connectivity index (χ4n) is 4.78. The predicted molar refractivity (Wildman–Crippen MR) is 129 cm³/mol. The van der Waals surface area contributed by atoms with Gasteiger partial charge in [-0.05, 0) is 66.9 Å². The lowest BCUT2D eigenvalue weighted by Crippen LogP contribution is -2.46. The average molecular weight is 457 g/mol. The highest BCUT2D eigenvalue weighted by atomic mass is 32.1. The molecule has 4 rings (SSSR count). The standard InChI is InChI=1S/C25H36N4O2S/c1-18-6-5-13-28(16-18)23(30)20-11-14-27(15-12-20)17-29-24(32)31-22(26-29)19-7-9-21(10-8-19)25(2,3)4/h7-10,18,20H,5-6,11-17H2,1-4H3. The third-order valence-electron chi connectivity index (χ3n) is 6.84. The summed E-state index contributed by atoms with van der Waals surface area (Å²) in [5, 5.41) is 4.63. The molecule has 0 radical (unpaired) electrons. The maximum absolute atomic E-state index is 12.9. The topological polar surface area (TPSA) is 54.5 Å². The van der Waals surface area contributed by atoms with Crippen molar-refractivity contribution in [2.45, 2.75) is 65.5 Å². The van der Waals surface area contributed by atoms with Crippen molar-refractivity contribution < 1.29 is 9.21 Å². The molecule has 2 fully saturated rings. The molecular weight excluding hydrogens is 420 g/mol. The molecule has 2 aromatic rings. The zero-order chi connectivity index (χ0) is 22.9. The molecule has 7 heteroatoms. The molecule has 1 unspecified atom stereocenters. The SMILES string of the molecule is CC1CCCN(C(=O)C2CCN(Cn3nc(-c4ccc(C(C)(C)C)cc4)oc3=S)CC2)C1. The van der Waals surface area contributed by atoms with E-state index in [9.17, 15) is 4.79 Å². The summed E-state index contributed by atoms with van der Waals surface area (Å²) in [5.41, 5.74) is 2.32. The first-order chi connectivity index (χ1) is 15.2. The Labute approximate surface area is 196 Å². The van der Waals surface area contributed by atoms with Crippen LogP contribution in [0.25, 0.3) is 11.5 Å². The van der Waals surface area contributed by atoms with Gasteiger partial charge in [0.25, 0.3) is 4.84 Å². The van der Waals surface area contributed by atoms with E-state index in [-0.39, 0.29) is 11.3 Å². The van der Waals surface area contributed by atoms with Crippen LogP contribution >= 0.6 is 12.2 Å². The first kappa shape index (κ1) is 23.2. The van der Waals surface area contributed by atoms with Crippen molar-refractivity contribution in [2.75, 3.05) is 26.2 Å². The highest BCUT2D eigenvalue weighted by Crippen LogP contribution is 2.27. The first-order valence-corrected chi connectivity index (χ1v) is 12.3. The number of rotatable bonds is 4. The molecule has 2 aliphatic heterocycles. The van der Waals surface area contributed by atoms with Crippen molar-refractivity contribution in [3.8, 4) is 11.5 Å². The van der Waals surface area contributed by atoms with Crippen LogP contribution in [-0.4, -0.2) is 51.7 Å². The van der Waals surface area contributed by atoms with Gasteiger partial charge in [-0.15, -0.1) is 5.10 Å². The quantitative estimate of drug-likeness (QED) is 0.599. The number of piperidine rings is 2. The molecule has 1 atom stereocenters. The van der Waals surface area contributed by atoms with E-state index in [1.54, 1.807) is 4.68 Å². The molecule has 6 nitrogen and oxygen atoms in total. The fourth-order valence-corrected chi connectivity index (χ4v) is 4.96. The summed E-state index contributed by atoms with van der Waals surface area (Å²) in [6, 6.07) is 8.34. The summed E-state index contributed by atoms with van der Waals surface area (Å²) in [7, 11) is 0. The number of hydrogen-bond donors (Lipinski definition) is 0. The van der Waals surface area contributed by atoms with Gasteiger partial charge in [-0.25, -0.2) is 4.68 Å². The summed E-state index contributed by atoms with van der Waals surface area (Å²) >= 11 is 5.43. The molecule has 0 bridgehead atoms. The van der Waals surface area contributed by atoms with E-state index in [0.29, 0.717) is 29.2 Å². The second-order valence-electron chi connectivity index (χ2n) is 10.6. The van der Waals surface area contributed by atoms with Crippen LogP contribution in [0.5, 0.6) is 0 Å². The third-order valence-corrected chi connectivity index (χ3v) is 7.14. The summed E-state index contributed by atoms with van der Waals surface area (Å²) < 4.78 is 7.56. The van der Waals surface area contributed by atoms with Crippen molar-refractivity contribution >= 4 is 18.1 Å². The molecule has 174 valence electrons. The molecule has 1 aromatic heterocycles. The molecule has 0 spiro atoms. The van der Waals surface area contributed by atoms with Gasteiger partial charge in [0.05, 0.1) is 6.67 Å². The number of carbonyl (C=O) groups excluding carboxylic acids is 1. The number of amides is 1. The minimum Gasteiger partial charge on any atom is -0.409 e. The minimum atomic E-state index is 0.109. The average Bonchev–Trinajstić information content (AvgIpc) is 3.13. The summed E-state index contributed by atoms with van der Waals surface area (Å²) in [4.78, 5) is 17.7. The smallest absolute Gasteiger partial charge is 0.288 e. The second kappa shape index (κ2) is 9.48. The van der Waals surface area contributed by atoms with Crippen LogP contribution in [0, 0.1) is 16.7 Å². The van der Waals surface area contributed by atoms with Gasteiger partial charge >= 0.3 is 0 Å². The minimum absolute atomic E-state index is 0.109. The lowest BCUT2D eigenvalue weighted by atomic mass is 9.87. The van der Waals surface area contributed by atoms with Crippen LogP contribution in [-0.2, 0) is 16.9 Å². The monoisotopic (exact) mass is 456 g/mol. The van der Waals surface area contributed by atoms with E-state index in [0.717, 1.165) is 51.0 Å². The lowest BCUT2D eigenvalue weighted by molar-refractivity contribution is -0.139. The highest BCUT2D eigenvalue weighted by molar-refractivity contribution is 7.71. The molecule has 2 saturated heterocycles. The van der Waals surface area contributed by atoms with Crippen LogP contribution in [0.15, 0.2) is 28.7 Å². The van der Waals surface area contributed by atoms with Gasteiger partial charge < -0.3 is 9.32 Å². The van der Waals surface area contributed by atoms with Crippen LogP contribution in [0.3, 0.4) is 0 Å². The van der Waals surface area contributed by atoms with Crippen molar-refractivity contribution in [3.63, 3.8) is 0 Å². The number of carbonyl (C=O) groups is 1. The Balaban J connectivity index is 1.34. The van der Waals surface area contributed by atoms with Crippen LogP contribution in [0.2, 0.25) is 0 Å². The van der Waals surface area contributed by atoms with E-state index in [1.807, 2.05) is 12.1 Å². The van der Waals surface area contributed by atoms with Gasteiger partial charge in [0, 0.05) is 37.7 Å². The number of aromatic nitrogens is 2. The molecule has 3 heterocycles. The number of likely N-dealkylation sites (tertiary alicyclic amines) is 2. The number of benzene rings is 1. The first-order valence-electron chi connectivity index (χ1n) is 11.9. The summed E-state index contributed by atoms with van der Waals surface area (Å²) in [6.45, 7) is 13.1. The molecule has 0 N–H and O–H groups in total. The highest BCUT2D eigenvalue weighted by Gasteiger charge is 2.30. The maximum Gasteiger partial charge on any atom is 0.288 e. The van der Waals surface area contributed by atoms with Crippen molar-refractivity contribution in [1.82, 2.24) is 19.6 Å². The Morgan fingerprint density at radius 1 is 1.12 bits per heavy atom. The maximum atomic E-state index is 12.9. The Bertz CT molecular complexity index is 981. The van der Waals surface area contributed by atoms with Crippen molar-refractivity contribution in [2.24, 2.45) is 11.8 Å². The zero-order valence-electron chi connectivity index (χ0n) is 19.8. The van der Waals surface area contributed by atoms with Gasteiger partial charge in [0.1, 0.15) is 0 Å². The van der Waals surface area contributed by atoms with Crippen LogP contribution < -0.4 is 0 Å². The second-order valence-corrected chi connectivity index (χ2v) is 10.9. The zero-order valence-corrected chi connectivity index (χ0v) is 20.7. The Hall–Kier alpha value is -1.99. The van der Waals surface area contributed by atoms with E-state index in [4.69, 9.17) is 16.6 Å². The van der Waals surface area contributed by atoms with E-state index in [1.165, 1.54) is 12.0 Å². The van der Waals surface area contributed by atoms with E-state index in [2.05, 4.69) is 54.7 Å². The van der Waals surface area contributed by atoms with E-state index < -0.39 is 0 Å². The number of nitrogens with zero attached hydrogens (tertiary/aromatic N) is 4. The summed E-state index contributed by atoms with van der Waals surface area (Å²) in [5.74, 6) is 1.69. The normalized spacial score (nSPS) is 21.1. The molecule has 2 aliphatic rings. The Kier molecular flexibility index (Phi) is 6.86. The van der Waals surface area contributed by atoms with Crippen molar-refractivity contribution in [3.05, 3.63) is 34.7 Å². The van der Waals surface area contributed by atoms with Gasteiger partial charge in [-0.2, -0.15) is 0 Å². The summed E-state index contributed by atoms with van der Waals surface area (Å²) in [6.07, 6.45) is 4.17. The predicted octanol–water partition coefficient (Wildman–Crippen LogP) is 5.10. The molecule has 0 saturated carbocycles. The van der Waals surface area contributed by atoms with E-state index >= 15 is 0 Å². The lowest BCUT2D eigenvalue weighted by Gasteiger charge is -2.37. The molecule has 1 aromatic carbocycles. The van der Waals surface area contributed by atoms with Gasteiger partial charge in [-0.1, -0.05) is 39.8 Å². The molecule has 32 heavy (non-hydrogen) atoms. The Morgan fingerprint density at radius 2 is 1.81 bits per heavy atom. The third kappa shape index (κ3) is 5.31. The molecule has 1 amide bonds. The van der Waals surface area contributed by atoms with Crippen molar-refractivity contribution in [1.29, 1.82) is 0 Å². The fraction of sp³-hybridized carbons (Fsp3) is 0.640. The van der Waals surface area contributed by atoms with Crippen LogP contribution in [0.1, 0.15) is 58.9 Å². The van der Waals surface area contributed by atoms with Crippen LogP contribution in [0.4, 0.5) is 0 Å². The Morgan fingerprint density at radius 3 is 2.44 bits per heavy atom.